The maximum atomic E-state index is 12.1. The van der Waals surface area contributed by atoms with Gasteiger partial charge < -0.3 is 14.8 Å². The highest BCUT2D eigenvalue weighted by molar-refractivity contribution is 5.89. The number of ketones is 1. The van der Waals surface area contributed by atoms with Crippen LogP contribution in [0.3, 0.4) is 0 Å². The number of hydrogen-bond donors (Lipinski definition) is 2. The van der Waals surface area contributed by atoms with Crippen LogP contribution in [-0.4, -0.2) is 43.6 Å². The van der Waals surface area contributed by atoms with E-state index in [4.69, 9.17) is 9.47 Å². The van der Waals surface area contributed by atoms with Crippen LogP contribution >= 0.6 is 0 Å². The fourth-order valence-corrected chi connectivity index (χ4v) is 2.10. The van der Waals surface area contributed by atoms with Gasteiger partial charge in [0.1, 0.15) is 12.6 Å². The third-order valence-corrected chi connectivity index (χ3v) is 3.65. The van der Waals surface area contributed by atoms with Crippen LogP contribution in [0.4, 0.5) is 4.79 Å². The number of carbonyl (C=O) groups is 3. The largest absolute Gasteiger partial charge is 0.468 e. The lowest BCUT2D eigenvalue weighted by Gasteiger charge is -2.20. The van der Waals surface area contributed by atoms with Crippen molar-refractivity contribution in [2.75, 3.05) is 13.7 Å². The minimum atomic E-state index is -0.735. The number of hydrogen-bond acceptors (Lipinski definition) is 6. The Labute approximate surface area is 148 Å². The molecular formula is C18H26N2O5. The molecule has 0 aliphatic heterocycles. The second-order valence-electron chi connectivity index (χ2n) is 6.02. The van der Waals surface area contributed by atoms with Crippen molar-refractivity contribution >= 4 is 17.8 Å². The first-order chi connectivity index (χ1) is 11.8. The number of nitrogens with one attached hydrogen (secondary N) is 2. The summed E-state index contributed by atoms with van der Waals surface area (Å²) < 4.78 is 9.77. The first kappa shape index (κ1) is 20.6. The number of carbonyl (C=O) groups excluding carboxylic acids is 3. The van der Waals surface area contributed by atoms with Crippen molar-refractivity contribution in [1.29, 1.82) is 0 Å². The summed E-state index contributed by atoms with van der Waals surface area (Å²) in [5, 5.41) is 5.34. The highest BCUT2D eigenvalue weighted by Crippen LogP contribution is 2.04. The number of rotatable bonds is 9. The second kappa shape index (κ2) is 10.5. The van der Waals surface area contributed by atoms with Gasteiger partial charge in [0.05, 0.1) is 19.7 Å². The van der Waals surface area contributed by atoms with Crippen LogP contribution in [-0.2, 0) is 25.7 Å². The van der Waals surface area contributed by atoms with E-state index in [-0.39, 0.29) is 24.9 Å². The molecule has 7 heteroatoms. The molecule has 0 spiro atoms. The highest BCUT2D eigenvalue weighted by atomic mass is 16.5. The van der Waals surface area contributed by atoms with E-state index in [0.717, 1.165) is 5.56 Å². The summed E-state index contributed by atoms with van der Waals surface area (Å²) in [4.78, 5) is 35.5. The van der Waals surface area contributed by atoms with Crippen molar-refractivity contribution in [3.8, 4) is 0 Å². The predicted molar refractivity (Wildman–Crippen MR) is 92.9 cm³/mol. The molecule has 0 aromatic heterocycles. The van der Waals surface area contributed by atoms with Gasteiger partial charge in [-0.15, -0.1) is 0 Å². The lowest BCUT2D eigenvalue weighted by molar-refractivity contribution is -0.144. The van der Waals surface area contributed by atoms with Crippen LogP contribution in [0.2, 0.25) is 0 Å². The van der Waals surface area contributed by atoms with Gasteiger partial charge in [-0.1, -0.05) is 44.2 Å². The maximum Gasteiger partial charge on any atom is 0.408 e. The molecule has 0 aliphatic carbocycles. The van der Waals surface area contributed by atoms with E-state index in [1.54, 1.807) is 6.92 Å². The van der Waals surface area contributed by atoms with E-state index in [0.29, 0.717) is 0 Å². The van der Waals surface area contributed by atoms with Crippen molar-refractivity contribution in [2.45, 2.75) is 39.5 Å². The molecular weight excluding hydrogens is 324 g/mol. The number of Topliss-reactive ketones (excluding diaryl/α,β-unsaturated/α-hetero) is 1. The number of ether oxygens (including phenoxy) is 2. The molecule has 1 amide bonds. The molecule has 7 nitrogen and oxygen atoms in total. The smallest absolute Gasteiger partial charge is 0.408 e. The Bertz CT molecular complexity index is 574. The quantitative estimate of drug-likeness (QED) is 0.658. The van der Waals surface area contributed by atoms with Gasteiger partial charge in [0.15, 0.2) is 5.78 Å². The second-order valence-corrected chi connectivity index (χ2v) is 6.02. The molecule has 1 aromatic carbocycles. The van der Waals surface area contributed by atoms with Gasteiger partial charge in [0, 0.05) is 0 Å². The van der Waals surface area contributed by atoms with Crippen molar-refractivity contribution < 1.29 is 23.9 Å². The van der Waals surface area contributed by atoms with Gasteiger partial charge in [0.25, 0.3) is 0 Å². The molecule has 1 aromatic rings. The van der Waals surface area contributed by atoms with Crippen LogP contribution in [0, 0.1) is 5.92 Å². The van der Waals surface area contributed by atoms with Crippen molar-refractivity contribution in [2.24, 2.45) is 5.92 Å². The number of methoxy groups -OCH3 is 1. The number of benzene rings is 1. The highest BCUT2D eigenvalue weighted by Gasteiger charge is 2.24. The summed E-state index contributed by atoms with van der Waals surface area (Å²) in [6.45, 7) is 5.33. The summed E-state index contributed by atoms with van der Waals surface area (Å²) >= 11 is 0. The van der Waals surface area contributed by atoms with Gasteiger partial charge in [-0.3, -0.25) is 14.9 Å². The molecule has 25 heavy (non-hydrogen) atoms. The predicted octanol–water partition coefficient (Wildman–Crippen LogP) is 1.66. The normalized spacial score (nSPS) is 13.0. The van der Waals surface area contributed by atoms with E-state index >= 15 is 0 Å². The van der Waals surface area contributed by atoms with Crippen LogP contribution < -0.4 is 10.6 Å². The van der Waals surface area contributed by atoms with Crippen LogP contribution in [0.25, 0.3) is 0 Å². The van der Waals surface area contributed by atoms with Crippen molar-refractivity contribution in [3.05, 3.63) is 35.9 Å². The topological polar surface area (TPSA) is 93.7 Å². The molecule has 0 unspecified atom stereocenters. The van der Waals surface area contributed by atoms with E-state index in [1.165, 1.54) is 7.11 Å². The number of esters is 1. The Kier molecular flexibility index (Phi) is 8.63. The SMILES string of the molecule is COC(=O)[C@@H](NCC(=O)[C@H](C)NC(=O)OCc1ccccc1)C(C)C. The average molecular weight is 350 g/mol. The zero-order valence-electron chi connectivity index (χ0n) is 15.1. The molecule has 2 N–H and O–H groups in total. The van der Waals surface area contributed by atoms with Gasteiger partial charge in [-0.2, -0.15) is 0 Å². The zero-order chi connectivity index (χ0) is 18.8. The van der Waals surface area contributed by atoms with E-state index in [9.17, 15) is 14.4 Å². The Morgan fingerprint density at radius 2 is 1.72 bits per heavy atom. The fraction of sp³-hybridized carbons (Fsp3) is 0.500. The van der Waals surface area contributed by atoms with Gasteiger partial charge in [-0.05, 0) is 18.4 Å². The molecule has 0 saturated heterocycles. The van der Waals surface area contributed by atoms with Gasteiger partial charge in [-0.25, -0.2) is 4.79 Å². The Hall–Kier alpha value is -2.41. The Balaban J connectivity index is 2.40. The fourth-order valence-electron chi connectivity index (χ4n) is 2.10. The molecule has 0 fully saturated rings. The number of alkyl carbamates (subject to hydrolysis) is 1. The summed E-state index contributed by atoms with van der Waals surface area (Å²) in [5.41, 5.74) is 0.858. The molecule has 2 atom stereocenters. The third kappa shape index (κ3) is 7.34. The molecule has 0 aliphatic rings. The maximum absolute atomic E-state index is 12.1. The first-order valence-electron chi connectivity index (χ1n) is 8.16. The minimum absolute atomic E-state index is 0.0284. The number of amides is 1. The van der Waals surface area contributed by atoms with Crippen LogP contribution in [0.1, 0.15) is 26.3 Å². The summed E-state index contributed by atoms with van der Waals surface area (Å²) in [5.74, 6) is -0.712. The molecule has 0 heterocycles. The molecule has 138 valence electrons. The van der Waals surface area contributed by atoms with Gasteiger partial charge >= 0.3 is 12.1 Å². The lowest BCUT2D eigenvalue weighted by Crippen LogP contribution is -2.48. The van der Waals surface area contributed by atoms with Crippen LogP contribution in [0.5, 0.6) is 0 Å². The monoisotopic (exact) mass is 350 g/mol. The Morgan fingerprint density at radius 3 is 2.28 bits per heavy atom. The summed E-state index contributed by atoms with van der Waals surface area (Å²) in [6.07, 6.45) is -0.668. The molecule has 0 bridgehead atoms. The zero-order valence-corrected chi connectivity index (χ0v) is 15.1. The van der Waals surface area contributed by atoms with E-state index in [1.807, 2.05) is 44.2 Å². The molecule has 1 rings (SSSR count). The Morgan fingerprint density at radius 1 is 1.08 bits per heavy atom. The molecule has 0 radical (unpaired) electrons. The minimum Gasteiger partial charge on any atom is -0.468 e. The van der Waals surface area contributed by atoms with Crippen molar-refractivity contribution in [1.82, 2.24) is 10.6 Å². The first-order valence-corrected chi connectivity index (χ1v) is 8.16. The standard InChI is InChI=1S/C18H26N2O5/c1-12(2)16(17(22)24-4)19-10-15(21)13(3)20-18(23)25-11-14-8-6-5-7-9-14/h5-9,12-13,16,19H,10-11H2,1-4H3,(H,20,23)/t13-,16-/m0/s1. The third-order valence-electron chi connectivity index (χ3n) is 3.65. The van der Waals surface area contributed by atoms with Crippen molar-refractivity contribution in [3.63, 3.8) is 0 Å². The molecule has 0 saturated carbocycles. The lowest BCUT2D eigenvalue weighted by atomic mass is 10.0. The van der Waals surface area contributed by atoms with Crippen LogP contribution in [0.15, 0.2) is 30.3 Å². The van der Waals surface area contributed by atoms with Gasteiger partial charge in [0.2, 0.25) is 0 Å². The summed E-state index contributed by atoms with van der Waals surface area (Å²) in [6, 6.07) is 7.93. The van der Waals surface area contributed by atoms with E-state index in [2.05, 4.69) is 10.6 Å². The average Bonchev–Trinajstić information content (AvgIpc) is 2.60. The summed E-state index contributed by atoms with van der Waals surface area (Å²) in [7, 11) is 1.30. The van der Waals surface area contributed by atoms with E-state index < -0.39 is 24.1 Å².